The van der Waals surface area contributed by atoms with Crippen LogP contribution in [-0.2, 0) is 9.59 Å². The Morgan fingerprint density at radius 1 is 1.36 bits per heavy atom. The van der Waals surface area contributed by atoms with E-state index in [-0.39, 0.29) is 24.7 Å². The van der Waals surface area contributed by atoms with Gasteiger partial charge in [-0.2, -0.15) is 0 Å². The molecule has 128 valence electrons. The number of nitrogens with zero attached hydrogens (tertiary/aromatic N) is 1. The highest BCUT2D eigenvalue weighted by atomic mass is 32.2. The molecule has 5 nitrogen and oxygen atoms in total. The number of halogens is 1. The van der Waals surface area contributed by atoms with Gasteiger partial charge in [-0.3, -0.25) is 14.5 Å². The van der Waals surface area contributed by atoms with E-state index in [9.17, 15) is 14.0 Å². The number of carboxylic acid groups (broad SMARTS) is 1. The number of carbonyl (C=O) groups is 2. The quantitative estimate of drug-likeness (QED) is 0.632. The zero-order chi connectivity index (χ0) is 18.0. The molecule has 2 aromatic rings. The molecule has 1 amide bonds. The van der Waals surface area contributed by atoms with Gasteiger partial charge in [-0.25, -0.2) is 4.39 Å². The van der Waals surface area contributed by atoms with Gasteiger partial charge in [-0.15, -0.1) is 0 Å². The Kier molecular flexibility index (Phi) is 5.00. The minimum absolute atomic E-state index is 0.0318. The first-order valence-electron chi connectivity index (χ1n) is 7.27. The lowest BCUT2D eigenvalue weighted by atomic mass is 10.2. The molecule has 3 rings (SSSR count). The van der Waals surface area contributed by atoms with Crippen LogP contribution in [0.25, 0.3) is 17.4 Å². The lowest BCUT2D eigenvalue weighted by Crippen LogP contribution is -2.30. The molecular weight excluding hydrogens is 365 g/mol. The standard InChI is InChI=1S/C17H12FNO4S2/c18-11-3-1-2-10(8-11)13-5-4-12(23-13)9-14-16(22)19(17(24)25-14)7-6-15(20)21/h1-5,8-9H,6-7H2,(H,20,21). The minimum Gasteiger partial charge on any atom is -0.481 e. The fourth-order valence-corrected chi connectivity index (χ4v) is 3.55. The summed E-state index contributed by atoms with van der Waals surface area (Å²) in [6.07, 6.45) is 1.37. The van der Waals surface area contributed by atoms with Crippen molar-refractivity contribution in [2.75, 3.05) is 6.54 Å². The van der Waals surface area contributed by atoms with Crippen molar-refractivity contribution in [2.24, 2.45) is 0 Å². The van der Waals surface area contributed by atoms with Crippen LogP contribution < -0.4 is 0 Å². The van der Waals surface area contributed by atoms with E-state index in [0.717, 1.165) is 11.8 Å². The summed E-state index contributed by atoms with van der Waals surface area (Å²) in [6, 6.07) is 9.36. The first kappa shape index (κ1) is 17.4. The van der Waals surface area contributed by atoms with Crippen molar-refractivity contribution in [1.29, 1.82) is 0 Å². The molecule has 0 saturated carbocycles. The van der Waals surface area contributed by atoms with Gasteiger partial charge in [-0.05, 0) is 24.3 Å². The second kappa shape index (κ2) is 7.20. The summed E-state index contributed by atoms with van der Waals surface area (Å²) in [5, 5.41) is 8.73. The molecule has 0 spiro atoms. The number of furan rings is 1. The molecular formula is C17H12FNO4S2. The number of carboxylic acids is 1. The molecule has 1 aromatic heterocycles. The topological polar surface area (TPSA) is 70.8 Å². The van der Waals surface area contributed by atoms with Crippen molar-refractivity contribution in [1.82, 2.24) is 4.90 Å². The number of rotatable bonds is 5. The molecule has 0 atom stereocenters. The van der Waals surface area contributed by atoms with Crippen molar-refractivity contribution in [3.05, 3.63) is 52.9 Å². The number of amides is 1. The number of hydrogen-bond donors (Lipinski definition) is 1. The fraction of sp³-hybridized carbons (Fsp3) is 0.118. The van der Waals surface area contributed by atoms with Crippen molar-refractivity contribution in [3.63, 3.8) is 0 Å². The Bertz CT molecular complexity index is 890. The van der Waals surface area contributed by atoms with E-state index in [4.69, 9.17) is 21.7 Å². The van der Waals surface area contributed by atoms with Crippen LogP contribution in [0.1, 0.15) is 12.2 Å². The largest absolute Gasteiger partial charge is 0.481 e. The summed E-state index contributed by atoms with van der Waals surface area (Å²) in [5.74, 6) is -0.802. The summed E-state index contributed by atoms with van der Waals surface area (Å²) < 4.78 is 19.2. The van der Waals surface area contributed by atoms with Gasteiger partial charge < -0.3 is 9.52 Å². The molecule has 25 heavy (non-hydrogen) atoms. The van der Waals surface area contributed by atoms with Gasteiger partial charge in [0.05, 0.1) is 11.3 Å². The highest BCUT2D eigenvalue weighted by molar-refractivity contribution is 8.26. The molecule has 0 radical (unpaired) electrons. The van der Waals surface area contributed by atoms with Crippen LogP contribution in [0.2, 0.25) is 0 Å². The smallest absolute Gasteiger partial charge is 0.305 e. The van der Waals surface area contributed by atoms with Crippen molar-refractivity contribution < 1.29 is 23.5 Å². The first-order chi connectivity index (χ1) is 11.9. The summed E-state index contributed by atoms with van der Waals surface area (Å²) in [7, 11) is 0. The summed E-state index contributed by atoms with van der Waals surface area (Å²) in [4.78, 5) is 24.6. The maximum atomic E-state index is 13.3. The van der Waals surface area contributed by atoms with Gasteiger partial charge in [-0.1, -0.05) is 36.1 Å². The van der Waals surface area contributed by atoms with Crippen LogP contribution >= 0.6 is 24.0 Å². The van der Waals surface area contributed by atoms with Crippen LogP contribution in [-0.4, -0.2) is 32.7 Å². The predicted octanol–water partition coefficient (Wildman–Crippen LogP) is 3.76. The van der Waals surface area contributed by atoms with E-state index in [1.807, 2.05) is 0 Å². The molecule has 0 unspecified atom stereocenters. The van der Waals surface area contributed by atoms with Crippen LogP contribution in [0.4, 0.5) is 4.39 Å². The van der Waals surface area contributed by atoms with Gasteiger partial charge in [0.15, 0.2) is 0 Å². The summed E-state index contributed by atoms with van der Waals surface area (Å²) >= 11 is 6.21. The SMILES string of the molecule is O=C(O)CCN1C(=O)C(=Cc2ccc(-c3cccc(F)c3)o2)SC1=S. The molecule has 0 bridgehead atoms. The number of aliphatic carboxylic acids is 1. The lowest BCUT2D eigenvalue weighted by Gasteiger charge is -2.12. The highest BCUT2D eigenvalue weighted by Gasteiger charge is 2.32. The monoisotopic (exact) mass is 377 g/mol. The predicted molar refractivity (Wildman–Crippen MR) is 96.2 cm³/mol. The van der Waals surface area contributed by atoms with Gasteiger partial charge in [0.25, 0.3) is 5.91 Å². The van der Waals surface area contributed by atoms with Gasteiger partial charge in [0, 0.05) is 18.2 Å². The van der Waals surface area contributed by atoms with Gasteiger partial charge in [0.1, 0.15) is 21.7 Å². The van der Waals surface area contributed by atoms with Crippen LogP contribution in [0, 0.1) is 5.82 Å². The zero-order valence-electron chi connectivity index (χ0n) is 12.8. The van der Waals surface area contributed by atoms with Gasteiger partial charge >= 0.3 is 5.97 Å². The van der Waals surface area contributed by atoms with Gasteiger partial charge in [0.2, 0.25) is 0 Å². The molecule has 2 heterocycles. The maximum absolute atomic E-state index is 13.3. The van der Waals surface area contributed by atoms with Crippen LogP contribution in [0.5, 0.6) is 0 Å². The molecule has 1 fully saturated rings. The van der Waals surface area contributed by atoms with Crippen LogP contribution in [0.15, 0.2) is 45.7 Å². The molecule has 1 N–H and O–H groups in total. The van der Waals surface area contributed by atoms with E-state index in [1.165, 1.54) is 17.0 Å². The van der Waals surface area contributed by atoms with E-state index in [1.54, 1.807) is 30.3 Å². The Morgan fingerprint density at radius 2 is 2.16 bits per heavy atom. The normalized spacial score (nSPS) is 16.0. The molecule has 1 aliphatic heterocycles. The molecule has 1 saturated heterocycles. The van der Waals surface area contributed by atoms with E-state index < -0.39 is 5.97 Å². The number of thioether (sulfide) groups is 1. The third-order valence-corrected chi connectivity index (χ3v) is 4.81. The fourth-order valence-electron chi connectivity index (χ4n) is 2.26. The maximum Gasteiger partial charge on any atom is 0.305 e. The van der Waals surface area contributed by atoms with E-state index >= 15 is 0 Å². The number of benzene rings is 1. The van der Waals surface area contributed by atoms with Crippen LogP contribution in [0.3, 0.4) is 0 Å². The van der Waals surface area contributed by atoms with Crippen molar-refractivity contribution >= 4 is 46.3 Å². The Balaban J connectivity index is 1.79. The lowest BCUT2D eigenvalue weighted by molar-refractivity contribution is -0.137. The number of thiocarbonyl (C=S) groups is 1. The minimum atomic E-state index is -0.996. The Morgan fingerprint density at radius 3 is 2.88 bits per heavy atom. The summed E-state index contributed by atoms with van der Waals surface area (Å²) in [5.41, 5.74) is 0.591. The molecule has 1 aliphatic rings. The van der Waals surface area contributed by atoms with E-state index in [0.29, 0.717) is 26.3 Å². The molecule has 8 heteroatoms. The first-order valence-corrected chi connectivity index (χ1v) is 8.49. The molecule has 1 aromatic carbocycles. The average molecular weight is 377 g/mol. The average Bonchev–Trinajstić information content (AvgIpc) is 3.12. The molecule has 0 aliphatic carbocycles. The second-order valence-corrected chi connectivity index (χ2v) is 6.87. The number of carbonyl (C=O) groups excluding carboxylic acids is 1. The third-order valence-electron chi connectivity index (χ3n) is 3.43. The van der Waals surface area contributed by atoms with Crippen molar-refractivity contribution in [2.45, 2.75) is 6.42 Å². The number of hydrogen-bond acceptors (Lipinski definition) is 5. The third kappa shape index (κ3) is 3.97. The van der Waals surface area contributed by atoms with Crippen molar-refractivity contribution in [3.8, 4) is 11.3 Å². The van der Waals surface area contributed by atoms with E-state index in [2.05, 4.69) is 0 Å². The Hall–Kier alpha value is -2.45. The highest BCUT2D eigenvalue weighted by Crippen LogP contribution is 2.33. The zero-order valence-corrected chi connectivity index (χ0v) is 14.4. The second-order valence-electron chi connectivity index (χ2n) is 5.19. The summed E-state index contributed by atoms with van der Waals surface area (Å²) in [6.45, 7) is 0.0318. The Labute approximate surface area is 152 Å².